The molecule has 0 aliphatic heterocycles. The Hall–Kier alpha value is -3.54. The van der Waals surface area contributed by atoms with Gasteiger partial charge < -0.3 is 20.1 Å². The van der Waals surface area contributed by atoms with Gasteiger partial charge in [-0.3, -0.25) is 9.78 Å². The lowest BCUT2D eigenvalue weighted by molar-refractivity contribution is 0.102. The van der Waals surface area contributed by atoms with Crippen LogP contribution >= 0.6 is 0 Å². The van der Waals surface area contributed by atoms with E-state index in [9.17, 15) is 4.79 Å². The van der Waals surface area contributed by atoms with E-state index >= 15 is 0 Å². The molecule has 3 aromatic rings. The van der Waals surface area contributed by atoms with Crippen LogP contribution in [0, 0.1) is 13.8 Å². The quantitative estimate of drug-likeness (QED) is 0.651. The van der Waals surface area contributed by atoms with Crippen LogP contribution in [0.15, 0.2) is 54.7 Å². The minimum Gasteiger partial charge on any atom is -0.493 e. The van der Waals surface area contributed by atoms with E-state index in [4.69, 9.17) is 9.47 Å². The second-order valence-electron chi connectivity index (χ2n) is 6.33. The molecule has 0 atom stereocenters. The van der Waals surface area contributed by atoms with Crippen LogP contribution in [-0.4, -0.2) is 25.1 Å². The number of nitrogens with one attached hydrogen (secondary N) is 2. The lowest BCUT2D eigenvalue weighted by Crippen LogP contribution is -2.14. The fraction of sp³-hybridized carbons (Fsp3) is 0.182. The number of hydrogen-bond donors (Lipinski definition) is 2. The maximum atomic E-state index is 12.6. The van der Waals surface area contributed by atoms with Gasteiger partial charge >= 0.3 is 0 Å². The third-order valence-electron chi connectivity index (χ3n) is 4.52. The molecule has 3 rings (SSSR count). The van der Waals surface area contributed by atoms with Gasteiger partial charge in [0.15, 0.2) is 11.5 Å². The van der Waals surface area contributed by atoms with Gasteiger partial charge in [-0.25, -0.2) is 0 Å². The predicted octanol–water partition coefficient (Wildman–Crippen LogP) is 4.71. The summed E-state index contributed by atoms with van der Waals surface area (Å²) in [4.78, 5) is 16.8. The number of aromatic nitrogens is 1. The van der Waals surface area contributed by atoms with E-state index in [1.165, 1.54) is 0 Å². The standard InChI is InChI=1S/C22H23N3O3/c1-14-6-5-7-18(15(14)2)25-22(26)19-12-17(10-11-23-19)24-16-8-9-20(27-3)21(13-16)28-4/h5-13H,1-4H3,(H,23,24)(H,25,26). The number of aryl methyl sites for hydroxylation is 1. The minimum atomic E-state index is -0.260. The lowest BCUT2D eigenvalue weighted by Gasteiger charge is -2.12. The SMILES string of the molecule is COc1ccc(Nc2ccnc(C(=O)Nc3cccc(C)c3C)c2)cc1OC. The minimum absolute atomic E-state index is 0.260. The number of nitrogens with zero attached hydrogens (tertiary/aromatic N) is 1. The average Bonchev–Trinajstić information content (AvgIpc) is 2.71. The average molecular weight is 377 g/mol. The molecule has 1 amide bonds. The van der Waals surface area contributed by atoms with Gasteiger partial charge in [-0.05, 0) is 55.3 Å². The number of anilines is 3. The first-order valence-electron chi connectivity index (χ1n) is 8.84. The van der Waals surface area contributed by atoms with Gasteiger partial charge in [0.25, 0.3) is 5.91 Å². The zero-order valence-electron chi connectivity index (χ0n) is 16.4. The largest absolute Gasteiger partial charge is 0.493 e. The Morgan fingerprint density at radius 2 is 1.68 bits per heavy atom. The second-order valence-corrected chi connectivity index (χ2v) is 6.33. The van der Waals surface area contributed by atoms with Gasteiger partial charge in [0.2, 0.25) is 0 Å². The van der Waals surface area contributed by atoms with Crippen LogP contribution in [-0.2, 0) is 0 Å². The molecule has 0 spiro atoms. The summed E-state index contributed by atoms with van der Waals surface area (Å²) in [6, 6.07) is 14.8. The number of hydrogen-bond acceptors (Lipinski definition) is 5. The van der Waals surface area contributed by atoms with E-state index in [1.54, 1.807) is 32.5 Å². The van der Waals surface area contributed by atoms with Crippen LogP contribution in [0.2, 0.25) is 0 Å². The van der Waals surface area contributed by atoms with Crippen LogP contribution in [0.3, 0.4) is 0 Å². The molecule has 144 valence electrons. The molecule has 0 aliphatic rings. The maximum Gasteiger partial charge on any atom is 0.274 e. The molecule has 0 saturated heterocycles. The molecule has 0 bridgehead atoms. The Morgan fingerprint density at radius 1 is 0.929 bits per heavy atom. The molecule has 2 aromatic carbocycles. The number of ether oxygens (including phenoxy) is 2. The molecule has 6 nitrogen and oxygen atoms in total. The Labute approximate surface area is 164 Å². The van der Waals surface area contributed by atoms with E-state index in [-0.39, 0.29) is 5.91 Å². The monoisotopic (exact) mass is 377 g/mol. The van der Waals surface area contributed by atoms with Gasteiger partial charge in [0.1, 0.15) is 5.69 Å². The Balaban J connectivity index is 1.78. The van der Waals surface area contributed by atoms with Crippen LogP contribution in [0.4, 0.5) is 17.1 Å². The van der Waals surface area contributed by atoms with Crippen molar-refractivity contribution in [3.8, 4) is 11.5 Å². The smallest absolute Gasteiger partial charge is 0.274 e. The number of benzene rings is 2. The topological polar surface area (TPSA) is 72.5 Å². The van der Waals surface area contributed by atoms with Crippen molar-refractivity contribution in [2.24, 2.45) is 0 Å². The van der Waals surface area contributed by atoms with Crippen LogP contribution < -0.4 is 20.1 Å². The number of carbonyl (C=O) groups is 1. The highest BCUT2D eigenvalue weighted by atomic mass is 16.5. The summed E-state index contributed by atoms with van der Waals surface area (Å²) in [5.74, 6) is 1.01. The molecule has 0 fully saturated rings. The van der Waals surface area contributed by atoms with E-state index in [2.05, 4.69) is 15.6 Å². The fourth-order valence-electron chi connectivity index (χ4n) is 2.79. The maximum absolute atomic E-state index is 12.6. The van der Waals surface area contributed by atoms with Crippen molar-refractivity contribution in [1.82, 2.24) is 4.98 Å². The van der Waals surface area contributed by atoms with Crippen molar-refractivity contribution in [3.63, 3.8) is 0 Å². The van der Waals surface area contributed by atoms with Crippen molar-refractivity contribution in [1.29, 1.82) is 0 Å². The Bertz CT molecular complexity index is 1000. The van der Waals surface area contributed by atoms with Crippen molar-refractivity contribution in [3.05, 3.63) is 71.5 Å². The first-order chi connectivity index (χ1) is 13.5. The normalized spacial score (nSPS) is 10.3. The van der Waals surface area contributed by atoms with Gasteiger partial charge in [-0.1, -0.05) is 12.1 Å². The summed E-state index contributed by atoms with van der Waals surface area (Å²) in [5, 5.41) is 6.18. The Morgan fingerprint density at radius 3 is 2.43 bits per heavy atom. The molecule has 0 aliphatic carbocycles. The van der Waals surface area contributed by atoms with Crippen molar-refractivity contribution >= 4 is 23.0 Å². The van der Waals surface area contributed by atoms with Crippen molar-refractivity contribution < 1.29 is 14.3 Å². The first-order valence-corrected chi connectivity index (χ1v) is 8.84. The van der Waals surface area contributed by atoms with Crippen molar-refractivity contribution in [2.75, 3.05) is 24.9 Å². The summed E-state index contributed by atoms with van der Waals surface area (Å²) in [6.45, 7) is 3.99. The predicted molar refractivity (Wildman–Crippen MR) is 111 cm³/mol. The number of carbonyl (C=O) groups excluding carboxylic acids is 1. The number of methoxy groups -OCH3 is 2. The molecule has 2 N–H and O–H groups in total. The molecular weight excluding hydrogens is 354 g/mol. The van der Waals surface area contributed by atoms with E-state index in [1.807, 2.05) is 50.2 Å². The van der Waals surface area contributed by atoms with Crippen LogP contribution in [0.5, 0.6) is 11.5 Å². The summed E-state index contributed by atoms with van der Waals surface area (Å²) in [5.41, 5.74) is 4.82. The lowest BCUT2D eigenvalue weighted by atomic mass is 10.1. The highest BCUT2D eigenvalue weighted by Gasteiger charge is 2.11. The molecule has 28 heavy (non-hydrogen) atoms. The highest BCUT2D eigenvalue weighted by Crippen LogP contribution is 2.31. The first kappa shape index (κ1) is 19.2. The molecule has 1 aromatic heterocycles. The molecule has 1 heterocycles. The summed E-state index contributed by atoms with van der Waals surface area (Å²) in [6.07, 6.45) is 1.60. The van der Waals surface area contributed by atoms with Gasteiger partial charge in [0, 0.05) is 29.3 Å². The van der Waals surface area contributed by atoms with E-state index in [0.717, 1.165) is 28.2 Å². The zero-order valence-corrected chi connectivity index (χ0v) is 16.4. The van der Waals surface area contributed by atoms with E-state index in [0.29, 0.717) is 17.2 Å². The Kier molecular flexibility index (Phi) is 5.79. The molecular formula is C22H23N3O3. The number of amides is 1. The van der Waals surface area contributed by atoms with Crippen molar-refractivity contribution in [2.45, 2.75) is 13.8 Å². The summed E-state index contributed by atoms with van der Waals surface area (Å²) < 4.78 is 10.6. The van der Waals surface area contributed by atoms with Gasteiger partial charge in [-0.2, -0.15) is 0 Å². The molecule has 6 heteroatoms. The van der Waals surface area contributed by atoms with Gasteiger partial charge in [0.05, 0.1) is 14.2 Å². The van der Waals surface area contributed by atoms with Crippen LogP contribution in [0.25, 0.3) is 0 Å². The van der Waals surface area contributed by atoms with Crippen LogP contribution in [0.1, 0.15) is 21.6 Å². The summed E-state index contributed by atoms with van der Waals surface area (Å²) in [7, 11) is 3.18. The zero-order chi connectivity index (χ0) is 20.1. The fourth-order valence-corrected chi connectivity index (χ4v) is 2.79. The molecule has 0 unspecified atom stereocenters. The number of pyridine rings is 1. The molecule has 0 saturated carbocycles. The second kappa shape index (κ2) is 8.43. The number of rotatable bonds is 6. The highest BCUT2D eigenvalue weighted by molar-refractivity contribution is 6.03. The molecule has 0 radical (unpaired) electrons. The van der Waals surface area contributed by atoms with E-state index < -0.39 is 0 Å². The third kappa shape index (κ3) is 4.23. The third-order valence-corrected chi connectivity index (χ3v) is 4.52. The van der Waals surface area contributed by atoms with Gasteiger partial charge in [-0.15, -0.1) is 0 Å². The summed E-state index contributed by atoms with van der Waals surface area (Å²) >= 11 is 0.